The number of carbonyl (C=O) groups is 4. The lowest BCUT2D eigenvalue weighted by Crippen LogP contribution is -2.11. The monoisotopic (exact) mass is 1010 g/mol. The van der Waals surface area contributed by atoms with Crippen LogP contribution in [0.1, 0.15) is 83.8 Å². The SMILES string of the molecule is COc1cc(C(=O)Oc2ccc(/C=C/C(=O)c3cc(N)ccc3-c3ccc(N)c(C)c3C(=O)/C=C/c3ccc(OC(=O)c4ccc(OCCCC(F)(F)F)c(OC)c4)cc3)cc2)ccc1OCCCC(F)(F)F. The predicted octanol–water partition coefficient (Wildman–Crippen LogP) is 12.5. The second-order valence-electron chi connectivity index (χ2n) is 16.2. The minimum absolute atomic E-state index is 0.0990. The zero-order valence-corrected chi connectivity index (χ0v) is 39.5. The van der Waals surface area contributed by atoms with Crippen LogP contribution < -0.4 is 39.9 Å². The molecule has 0 heterocycles. The van der Waals surface area contributed by atoms with Gasteiger partial charge in [0.15, 0.2) is 34.6 Å². The Hall–Kier alpha value is -8.54. The molecule has 0 aliphatic heterocycles. The van der Waals surface area contributed by atoms with Gasteiger partial charge in [-0.1, -0.05) is 48.6 Å². The number of halogens is 6. The second kappa shape index (κ2) is 24.0. The molecular weight excluding hydrogens is 963 g/mol. The second-order valence-corrected chi connectivity index (χ2v) is 16.2. The zero-order chi connectivity index (χ0) is 52.9. The number of methoxy groups -OCH3 is 2. The van der Waals surface area contributed by atoms with Crippen molar-refractivity contribution in [2.75, 3.05) is 38.9 Å². The summed E-state index contributed by atoms with van der Waals surface area (Å²) >= 11 is 0. The molecule has 6 aromatic rings. The molecular formula is C55H48F6N2O10. The van der Waals surface area contributed by atoms with Crippen LogP contribution in [0.5, 0.6) is 34.5 Å². The van der Waals surface area contributed by atoms with Gasteiger partial charge in [0.25, 0.3) is 0 Å². The van der Waals surface area contributed by atoms with Crippen LogP contribution in [0.15, 0.2) is 127 Å². The van der Waals surface area contributed by atoms with E-state index < -0.39 is 48.7 Å². The van der Waals surface area contributed by atoms with Crippen molar-refractivity contribution in [2.45, 2.75) is 45.0 Å². The first-order valence-corrected chi connectivity index (χ1v) is 22.4. The van der Waals surface area contributed by atoms with Crippen LogP contribution in [0.3, 0.4) is 0 Å². The minimum Gasteiger partial charge on any atom is -0.493 e. The molecule has 0 saturated heterocycles. The van der Waals surface area contributed by atoms with Gasteiger partial charge in [0.05, 0.1) is 38.6 Å². The summed E-state index contributed by atoms with van der Waals surface area (Å²) in [7, 11) is 2.65. The molecule has 0 amide bonds. The van der Waals surface area contributed by atoms with Gasteiger partial charge in [0, 0.05) is 35.3 Å². The lowest BCUT2D eigenvalue weighted by molar-refractivity contribution is -0.137. The Balaban J connectivity index is 1.10. The molecule has 0 fully saturated rings. The minimum atomic E-state index is -4.30. The van der Waals surface area contributed by atoms with Crippen LogP contribution in [-0.2, 0) is 0 Å². The molecule has 0 saturated carbocycles. The summed E-state index contributed by atoms with van der Waals surface area (Å²) in [5.41, 5.74) is 16.2. The lowest BCUT2D eigenvalue weighted by Gasteiger charge is -2.16. The fourth-order valence-electron chi connectivity index (χ4n) is 7.15. The number of ketones is 2. The molecule has 0 bridgehead atoms. The van der Waals surface area contributed by atoms with E-state index in [2.05, 4.69) is 0 Å². The fraction of sp³-hybridized carbons (Fsp3) is 0.200. The van der Waals surface area contributed by atoms with Gasteiger partial charge in [0.2, 0.25) is 0 Å². The van der Waals surface area contributed by atoms with Gasteiger partial charge in [-0.05, 0) is 139 Å². The molecule has 12 nitrogen and oxygen atoms in total. The van der Waals surface area contributed by atoms with Crippen LogP contribution in [0, 0.1) is 6.92 Å². The molecule has 0 unspecified atom stereocenters. The zero-order valence-electron chi connectivity index (χ0n) is 39.5. The van der Waals surface area contributed by atoms with E-state index >= 15 is 0 Å². The quantitative estimate of drug-likeness (QED) is 0.0133. The molecule has 6 rings (SSSR count). The smallest absolute Gasteiger partial charge is 0.389 e. The van der Waals surface area contributed by atoms with Crippen molar-refractivity contribution in [1.29, 1.82) is 0 Å². The van der Waals surface area contributed by atoms with E-state index in [-0.39, 0.29) is 82.8 Å². The normalized spacial score (nSPS) is 11.6. The third-order valence-corrected chi connectivity index (χ3v) is 10.9. The summed E-state index contributed by atoms with van der Waals surface area (Å²) in [6.45, 7) is 1.28. The maximum Gasteiger partial charge on any atom is 0.389 e. The largest absolute Gasteiger partial charge is 0.493 e. The number of rotatable bonds is 21. The van der Waals surface area contributed by atoms with E-state index in [0.717, 1.165) is 0 Å². The fourth-order valence-corrected chi connectivity index (χ4v) is 7.15. The predicted molar refractivity (Wildman–Crippen MR) is 263 cm³/mol. The molecule has 0 aliphatic carbocycles. The van der Waals surface area contributed by atoms with Gasteiger partial charge in [-0.15, -0.1) is 0 Å². The standard InChI is InChI=1S/C55H48F6N2O10/c1-33-44(63)21-20-42(51(33)46(65)23-11-35-8-17-40(18-9-35)73-53(67)37-13-25-48(50(31-37)69-3)71-29-5-27-55(59,60)61)41-19-14-38(62)32-43(41)45(64)22-10-34-6-15-39(16-7-34)72-52(66)36-12-24-47(49(30-36)68-2)70-28-4-26-54(56,57)58/h6-25,30-32H,4-5,26-29,62-63H2,1-3H3/b22-10+,23-11+. The van der Waals surface area contributed by atoms with Gasteiger partial charge in [0.1, 0.15) is 11.5 Å². The van der Waals surface area contributed by atoms with Crippen LogP contribution in [0.2, 0.25) is 0 Å². The number of anilines is 2. The molecule has 0 spiro atoms. The highest BCUT2D eigenvalue weighted by Crippen LogP contribution is 2.35. The van der Waals surface area contributed by atoms with Crippen molar-refractivity contribution in [1.82, 2.24) is 0 Å². The Bertz CT molecular complexity index is 3020. The molecule has 6 aromatic carbocycles. The topological polar surface area (TPSA) is 176 Å². The molecule has 0 aliphatic rings. The number of ether oxygens (including phenoxy) is 6. The maximum absolute atomic E-state index is 14.0. The third kappa shape index (κ3) is 15.2. The van der Waals surface area contributed by atoms with Gasteiger partial charge < -0.3 is 39.9 Å². The summed E-state index contributed by atoms with van der Waals surface area (Å²) in [5.74, 6) is -1.37. The Kier molecular flexibility index (Phi) is 17.7. The van der Waals surface area contributed by atoms with E-state index in [1.54, 1.807) is 67.6 Å². The Morgan fingerprint density at radius 3 is 1.44 bits per heavy atom. The molecule has 73 heavy (non-hydrogen) atoms. The van der Waals surface area contributed by atoms with Crippen molar-refractivity contribution in [3.63, 3.8) is 0 Å². The molecule has 18 heteroatoms. The first kappa shape index (κ1) is 53.8. The van der Waals surface area contributed by atoms with Crippen molar-refractivity contribution in [3.8, 4) is 45.6 Å². The lowest BCUT2D eigenvalue weighted by atomic mass is 9.88. The number of nitrogens with two attached hydrogens (primary N) is 2. The van der Waals surface area contributed by atoms with E-state index in [9.17, 15) is 45.5 Å². The van der Waals surface area contributed by atoms with E-state index in [1.807, 2.05) is 0 Å². The number of benzene rings is 6. The summed E-state index contributed by atoms with van der Waals surface area (Å²) in [6, 6.07) is 28.9. The number of esters is 2. The first-order chi connectivity index (χ1) is 34.7. The molecule has 0 atom stereocenters. The summed E-state index contributed by atoms with van der Waals surface area (Å²) in [4.78, 5) is 53.8. The van der Waals surface area contributed by atoms with Crippen molar-refractivity contribution in [3.05, 3.63) is 166 Å². The van der Waals surface area contributed by atoms with Gasteiger partial charge in [-0.3, -0.25) is 9.59 Å². The number of allylic oxidation sites excluding steroid dienone is 2. The molecule has 0 radical (unpaired) electrons. The molecule has 380 valence electrons. The highest BCUT2D eigenvalue weighted by Gasteiger charge is 2.27. The summed E-state index contributed by atoms with van der Waals surface area (Å²) < 4.78 is 107. The van der Waals surface area contributed by atoms with Crippen molar-refractivity contribution >= 4 is 47.0 Å². The summed E-state index contributed by atoms with van der Waals surface area (Å²) in [5, 5.41) is 0. The summed E-state index contributed by atoms with van der Waals surface area (Å²) in [6.07, 6.45) is -5.32. The number of hydrogen-bond acceptors (Lipinski definition) is 12. The number of alkyl halides is 6. The van der Waals surface area contributed by atoms with Crippen LogP contribution >= 0.6 is 0 Å². The van der Waals surface area contributed by atoms with Crippen molar-refractivity contribution in [2.24, 2.45) is 0 Å². The average molecular weight is 1010 g/mol. The Morgan fingerprint density at radius 1 is 0.534 bits per heavy atom. The van der Waals surface area contributed by atoms with Crippen LogP contribution in [-0.4, -0.2) is 63.3 Å². The molecule has 4 N–H and O–H groups in total. The van der Waals surface area contributed by atoms with E-state index in [4.69, 9.17) is 39.9 Å². The Labute approximate surface area is 415 Å². The van der Waals surface area contributed by atoms with Gasteiger partial charge >= 0.3 is 24.3 Å². The van der Waals surface area contributed by atoms with E-state index in [1.165, 1.54) is 93.1 Å². The number of nitrogen functional groups attached to an aromatic ring is 2. The third-order valence-electron chi connectivity index (χ3n) is 10.9. The molecule has 0 aromatic heterocycles. The van der Waals surface area contributed by atoms with Gasteiger partial charge in [-0.25, -0.2) is 9.59 Å². The van der Waals surface area contributed by atoms with Crippen molar-refractivity contribution < 1.29 is 73.9 Å². The number of carbonyl (C=O) groups excluding carboxylic acids is 4. The number of hydrogen-bond donors (Lipinski definition) is 2. The van der Waals surface area contributed by atoms with Crippen LogP contribution in [0.25, 0.3) is 23.3 Å². The average Bonchev–Trinajstić information content (AvgIpc) is 3.36. The highest BCUT2D eigenvalue weighted by molar-refractivity contribution is 6.16. The highest BCUT2D eigenvalue weighted by atomic mass is 19.4. The first-order valence-electron chi connectivity index (χ1n) is 22.4. The van der Waals surface area contributed by atoms with Gasteiger partial charge in [-0.2, -0.15) is 26.3 Å². The maximum atomic E-state index is 14.0. The Morgan fingerprint density at radius 2 is 0.986 bits per heavy atom. The van der Waals surface area contributed by atoms with Crippen LogP contribution in [0.4, 0.5) is 37.7 Å². The van der Waals surface area contributed by atoms with E-state index in [0.29, 0.717) is 39.2 Å².